The number of methoxy groups -OCH3 is 1. The van der Waals surface area contributed by atoms with Crippen molar-refractivity contribution in [3.8, 4) is 6.07 Å². The van der Waals surface area contributed by atoms with Crippen molar-refractivity contribution in [3.63, 3.8) is 0 Å². The van der Waals surface area contributed by atoms with E-state index in [0.29, 0.717) is 30.8 Å². The smallest absolute Gasteiger partial charge is 0.242 e. The molecular weight excluding hydrogens is 306 g/mol. The Kier molecular flexibility index (Phi) is 7.84. The van der Waals surface area contributed by atoms with Crippen molar-refractivity contribution in [2.75, 3.05) is 38.7 Å². The van der Waals surface area contributed by atoms with Gasteiger partial charge in [0, 0.05) is 26.8 Å². The molecule has 0 aromatic heterocycles. The molecule has 22 heavy (non-hydrogen) atoms. The maximum absolute atomic E-state index is 12.3. The summed E-state index contributed by atoms with van der Waals surface area (Å²) in [6.45, 7) is 0.957. The first-order chi connectivity index (χ1) is 10.5. The first kappa shape index (κ1) is 18.4. The Morgan fingerprint density at radius 1 is 1.32 bits per heavy atom. The summed E-state index contributed by atoms with van der Waals surface area (Å²) in [7, 11) is -2.08. The van der Waals surface area contributed by atoms with Crippen LogP contribution in [0.3, 0.4) is 0 Å². The van der Waals surface area contributed by atoms with E-state index < -0.39 is 10.0 Å². The van der Waals surface area contributed by atoms with Crippen molar-refractivity contribution in [1.29, 1.82) is 5.26 Å². The maximum atomic E-state index is 12.3. The minimum Gasteiger partial charge on any atom is -0.395 e. The van der Waals surface area contributed by atoms with E-state index in [1.165, 1.54) is 18.2 Å². The highest BCUT2D eigenvalue weighted by Gasteiger charge is 2.18. The SMILES string of the molecule is COCCCCNS(=O)(=O)c1ccc(C#N)cc1NCCO. The van der Waals surface area contributed by atoms with Gasteiger partial charge in [0.05, 0.1) is 23.9 Å². The number of ether oxygens (including phenoxy) is 1. The average Bonchev–Trinajstić information content (AvgIpc) is 2.52. The number of nitriles is 1. The van der Waals surface area contributed by atoms with Gasteiger partial charge < -0.3 is 15.2 Å². The van der Waals surface area contributed by atoms with E-state index in [4.69, 9.17) is 15.1 Å². The van der Waals surface area contributed by atoms with Crippen LogP contribution in [0.2, 0.25) is 0 Å². The van der Waals surface area contributed by atoms with Crippen LogP contribution < -0.4 is 10.0 Å². The minimum atomic E-state index is -3.68. The van der Waals surface area contributed by atoms with Crippen LogP contribution in [0.15, 0.2) is 23.1 Å². The Labute approximate surface area is 131 Å². The number of aliphatic hydroxyl groups excluding tert-OH is 1. The molecule has 0 amide bonds. The molecule has 1 aromatic carbocycles. The van der Waals surface area contributed by atoms with Crippen LogP contribution in [0, 0.1) is 11.3 Å². The average molecular weight is 327 g/mol. The van der Waals surface area contributed by atoms with Crippen LogP contribution in [0.4, 0.5) is 5.69 Å². The number of anilines is 1. The zero-order valence-electron chi connectivity index (χ0n) is 12.5. The van der Waals surface area contributed by atoms with Gasteiger partial charge in [0.1, 0.15) is 4.90 Å². The van der Waals surface area contributed by atoms with E-state index in [-0.39, 0.29) is 18.0 Å². The maximum Gasteiger partial charge on any atom is 0.242 e. The van der Waals surface area contributed by atoms with Crippen molar-refractivity contribution < 1.29 is 18.3 Å². The standard InChI is InChI=1S/C14H21N3O4S/c1-21-9-3-2-6-17-22(19,20)14-5-4-12(11-15)10-13(14)16-7-8-18/h4-5,10,16-18H,2-3,6-9H2,1H3. The predicted molar refractivity (Wildman–Crippen MR) is 83.0 cm³/mol. The van der Waals surface area contributed by atoms with Crippen LogP contribution in [-0.4, -0.2) is 46.9 Å². The highest BCUT2D eigenvalue weighted by atomic mass is 32.2. The van der Waals surface area contributed by atoms with Crippen molar-refractivity contribution >= 4 is 15.7 Å². The summed E-state index contributed by atoms with van der Waals surface area (Å²) in [5.74, 6) is 0. The number of aliphatic hydroxyl groups is 1. The normalized spacial score (nSPS) is 11.1. The van der Waals surface area contributed by atoms with Gasteiger partial charge in [-0.05, 0) is 31.0 Å². The highest BCUT2D eigenvalue weighted by molar-refractivity contribution is 7.89. The molecule has 0 aliphatic carbocycles. The molecule has 0 aliphatic heterocycles. The molecule has 3 N–H and O–H groups in total. The van der Waals surface area contributed by atoms with E-state index in [2.05, 4.69) is 10.0 Å². The molecule has 7 nitrogen and oxygen atoms in total. The third-order valence-corrected chi connectivity index (χ3v) is 4.41. The molecule has 1 aromatic rings. The number of rotatable bonds is 10. The fourth-order valence-corrected chi connectivity index (χ4v) is 3.05. The van der Waals surface area contributed by atoms with E-state index in [9.17, 15) is 8.42 Å². The molecule has 8 heteroatoms. The molecule has 122 valence electrons. The lowest BCUT2D eigenvalue weighted by Crippen LogP contribution is -2.26. The molecule has 1 rings (SSSR count). The van der Waals surface area contributed by atoms with Gasteiger partial charge in [0.15, 0.2) is 0 Å². The summed E-state index contributed by atoms with van der Waals surface area (Å²) in [4.78, 5) is 0.0618. The number of nitrogens with zero attached hydrogens (tertiary/aromatic N) is 1. The highest BCUT2D eigenvalue weighted by Crippen LogP contribution is 2.22. The second kappa shape index (κ2) is 9.38. The van der Waals surface area contributed by atoms with Gasteiger partial charge >= 0.3 is 0 Å². The van der Waals surface area contributed by atoms with Crippen LogP contribution in [0.5, 0.6) is 0 Å². The lowest BCUT2D eigenvalue weighted by atomic mass is 10.2. The number of hydrogen-bond acceptors (Lipinski definition) is 6. The fraction of sp³-hybridized carbons (Fsp3) is 0.500. The fourth-order valence-electron chi connectivity index (χ4n) is 1.82. The Balaban J connectivity index is 2.85. The molecular formula is C14H21N3O4S. The second-order valence-electron chi connectivity index (χ2n) is 4.57. The number of hydrogen-bond donors (Lipinski definition) is 3. The first-order valence-corrected chi connectivity index (χ1v) is 8.41. The van der Waals surface area contributed by atoms with E-state index in [1.807, 2.05) is 6.07 Å². The topological polar surface area (TPSA) is 111 Å². The lowest BCUT2D eigenvalue weighted by Gasteiger charge is -2.13. The van der Waals surface area contributed by atoms with Crippen LogP contribution >= 0.6 is 0 Å². The summed E-state index contributed by atoms with van der Waals surface area (Å²) < 4.78 is 32.1. The van der Waals surface area contributed by atoms with Gasteiger partial charge in [-0.1, -0.05) is 0 Å². The molecule has 0 saturated heterocycles. The van der Waals surface area contributed by atoms with E-state index >= 15 is 0 Å². The molecule has 0 bridgehead atoms. The van der Waals surface area contributed by atoms with Gasteiger partial charge in [-0.25, -0.2) is 13.1 Å². The number of sulfonamides is 1. The summed E-state index contributed by atoms with van der Waals surface area (Å²) in [6.07, 6.45) is 1.44. The van der Waals surface area contributed by atoms with Crippen LogP contribution in [0.1, 0.15) is 18.4 Å². The van der Waals surface area contributed by atoms with Crippen molar-refractivity contribution in [1.82, 2.24) is 4.72 Å². The molecule has 0 heterocycles. The summed E-state index contributed by atoms with van der Waals surface area (Å²) in [5.41, 5.74) is 0.650. The first-order valence-electron chi connectivity index (χ1n) is 6.92. The zero-order chi connectivity index (χ0) is 16.4. The summed E-state index contributed by atoms with van der Waals surface area (Å²) in [6, 6.07) is 6.24. The monoisotopic (exact) mass is 327 g/mol. The predicted octanol–water partition coefficient (Wildman–Crippen LogP) is 0.667. The van der Waals surface area contributed by atoms with Gasteiger partial charge in [-0.15, -0.1) is 0 Å². The Bertz CT molecular complexity index is 611. The number of benzene rings is 1. The molecule has 0 aliphatic rings. The third-order valence-electron chi connectivity index (χ3n) is 2.89. The van der Waals surface area contributed by atoms with Gasteiger partial charge in [0.2, 0.25) is 10.0 Å². The van der Waals surface area contributed by atoms with Crippen molar-refractivity contribution in [2.45, 2.75) is 17.7 Å². The van der Waals surface area contributed by atoms with Gasteiger partial charge in [-0.2, -0.15) is 5.26 Å². The molecule has 0 spiro atoms. The van der Waals surface area contributed by atoms with E-state index in [0.717, 1.165) is 6.42 Å². The zero-order valence-corrected chi connectivity index (χ0v) is 13.3. The summed E-state index contributed by atoms with van der Waals surface area (Å²) >= 11 is 0. The largest absolute Gasteiger partial charge is 0.395 e. The number of unbranched alkanes of at least 4 members (excludes halogenated alkanes) is 1. The Morgan fingerprint density at radius 2 is 2.09 bits per heavy atom. The second-order valence-corrected chi connectivity index (χ2v) is 6.31. The third kappa shape index (κ3) is 5.61. The van der Waals surface area contributed by atoms with Crippen molar-refractivity contribution in [3.05, 3.63) is 23.8 Å². The van der Waals surface area contributed by atoms with Gasteiger partial charge in [-0.3, -0.25) is 0 Å². The molecule has 0 radical (unpaired) electrons. The lowest BCUT2D eigenvalue weighted by molar-refractivity contribution is 0.193. The Morgan fingerprint density at radius 3 is 2.73 bits per heavy atom. The Hall–Kier alpha value is -1.66. The van der Waals surface area contributed by atoms with E-state index in [1.54, 1.807) is 7.11 Å². The number of nitrogens with one attached hydrogen (secondary N) is 2. The minimum absolute atomic E-state index is 0.0618. The quantitative estimate of drug-likeness (QED) is 0.545. The molecule has 0 unspecified atom stereocenters. The van der Waals surface area contributed by atoms with Gasteiger partial charge in [0.25, 0.3) is 0 Å². The molecule has 0 fully saturated rings. The van der Waals surface area contributed by atoms with Crippen LogP contribution in [0.25, 0.3) is 0 Å². The van der Waals surface area contributed by atoms with Crippen LogP contribution in [-0.2, 0) is 14.8 Å². The molecule has 0 saturated carbocycles. The molecule has 0 atom stereocenters. The van der Waals surface area contributed by atoms with Crippen molar-refractivity contribution in [2.24, 2.45) is 0 Å². The summed E-state index contributed by atoms with van der Waals surface area (Å²) in [5, 5.41) is 20.6.